The van der Waals surface area contributed by atoms with Crippen LogP contribution in [-0.2, 0) is 13.6 Å². The Morgan fingerprint density at radius 3 is 2.44 bits per heavy atom. The molecular weight excluding hydrogens is 232 g/mol. The highest BCUT2D eigenvalue weighted by atomic mass is 31.2. The molecule has 0 saturated heterocycles. The van der Waals surface area contributed by atoms with E-state index in [0.717, 1.165) is 0 Å². The highest BCUT2D eigenvalue weighted by Gasteiger charge is 2.23. The highest BCUT2D eigenvalue weighted by molar-refractivity contribution is 7.55. The number of halogens is 1. The summed E-state index contributed by atoms with van der Waals surface area (Å²) in [5.41, 5.74) is 0.366. The Labute approximate surface area is 94.4 Å². The summed E-state index contributed by atoms with van der Waals surface area (Å²) in [5.74, 6) is -0.412. The number of anilines is 1. The van der Waals surface area contributed by atoms with Crippen LogP contribution in [0.1, 0.15) is 13.8 Å². The van der Waals surface area contributed by atoms with Crippen molar-refractivity contribution < 1.29 is 18.0 Å². The molecule has 0 unspecified atom stereocenters. The fourth-order valence-corrected chi connectivity index (χ4v) is 2.50. The highest BCUT2D eigenvalue weighted by Crippen LogP contribution is 2.47. The Balaban J connectivity index is 2.79. The van der Waals surface area contributed by atoms with E-state index < -0.39 is 13.6 Å². The molecule has 16 heavy (non-hydrogen) atoms. The van der Waals surface area contributed by atoms with E-state index in [-0.39, 0.29) is 13.2 Å². The molecule has 0 heterocycles. The van der Waals surface area contributed by atoms with Gasteiger partial charge in [-0.15, -0.1) is 0 Å². The van der Waals surface area contributed by atoms with Crippen molar-refractivity contribution in [2.24, 2.45) is 0 Å². The molecule has 0 atom stereocenters. The Hall–Kier alpha value is -0.900. The molecule has 0 aliphatic rings. The largest absolute Gasteiger partial charge is 0.432 e. The van der Waals surface area contributed by atoms with Crippen molar-refractivity contribution in [2.75, 3.05) is 18.3 Å². The maximum absolute atomic E-state index is 12.9. The third-order valence-corrected chi connectivity index (χ3v) is 3.42. The molecule has 0 aliphatic heterocycles. The maximum Gasteiger partial charge on any atom is 0.432 e. The molecule has 1 aromatic rings. The van der Waals surface area contributed by atoms with Gasteiger partial charge < -0.3 is 0 Å². The molecule has 0 fully saturated rings. The fraction of sp³-hybridized carbons (Fsp3) is 0.400. The zero-order valence-corrected chi connectivity index (χ0v) is 10.2. The number of benzene rings is 1. The summed E-state index contributed by atoms with van der Waals surface area (Å²) < 4.78 is 34.9. The number of hydrogen-bond acceptors (Lipinski definition) is 3. The minimum absolute atomic E-state index is 0.250. The third kappa shape index (κ3) is 3.93. The first-order valence-electron chi connectivity index (χ1n) is 5.02. The van der Waals surface area contributed by atoms with Crippen LogP contribution in [0.4, 0.5) is 10.1 Å². The van der Waals surface area contributed by atoms with Gasteiger partial charge in [-0.05, 0) is 32.0 Å². The zero-order chi connectivity index (χ0) is 12.0. The van der Waals surface area contributed by atoms with Crippen LogP contribution in [0.3, 0.4) is 0 Å². The van der Waals surface area contributed by atoms with Crippen molar-refractivity contribution in [3.8, 4) is 0 Å². The first-order valence-corrected chi connectivity index (χ1v) is 6.57. The average molecular weight is 247 g/mol. The van der Waals surface area contributed by atoms with Crippen molar-refractivity contribution in [1.82, 2.24) is 0 Å². The van der Waals surface area contributed by atoms with E-state index in [4.69, 9.17) is 9.05 Å². The Morgan fingerprint density at radius 2 is 1.94 bits per heavy atom. The average Bonchev–Trinajstić information content (AvgIpc) is 2.17. The fourth-order valence-electron chi connectivity index (χ4n) is 1.16. The van der Waals surface area contributed by atoms with Gasteiger partial charge in [0.15, 0.2) is 0 Å². The molecule has 0 amide bonds. The second kappa shape index (κ2) is 5.99. The van der Waals surface area contributed by atoms with Gasteiger partial charge in [0.25, 0.3) is 0 Å². The molecule has 0 bridgehead atoms. The van der Waals surface area contributed by atoms with Crippen molar-refractivity contribution in [2.45, 2.75) is 13.8 Å². The number of rotatable bonds is 6. The lowest BCUT2D eigenvalue weighted by molar-refractivity contribution is 0.225. The summed E-state index contributed by atoms with van der Waals surface area (Å²) in [6.45, 7) is 3.91. The summed E-state index contributed by atoms with van der Waals surface area (Å²) >= 11 is 0. The van der Waals surface area contributed by atoms with E-state index in [1.165, 1.54) is 18.2 Å². The number of hydrogen-bond donors (Lipinski definition) is 1. The van der Waals surface area contributed by atoms with Gasteiger partial charge >= 0.3 is 7.75 Å². The van der Waals surface area contributed by atoms with Gasteiger partial charge in [-0.1, -0.05) is 6.07 Å². The van der Waals surface area contributed by atoms with Crippen LogP contribution in [0.5, 0.6) is 0 Å². The molecule has 0 radical (unpaired) electrons. The summed E-state index contributed by atoms with van der Waals surface area (Å²) in [4.78, 5) is 0. The van der Waals surface area contributed by atoms with Crippen LogP contribution in [0.25, 0.3) is 0 Å². The molecule has 1 N–H and O–H groups in total. The Kier molecular flexibility index (Phi) is 4.93. The first kappa shape index (κ1) is 13.2. The minimum atomic E-state index is -3.38. The lowest BCUT2D eigenvalue weighted by Crippen LogP contribution is -2.05. The summed E-state index contributed by atoms with van der Waals surface area (Å²) in [6.07, 6.45) is 0. The Bertz CT molecular complexity index is 376. The van der Waals surface area contributed by atoms with Crippen molar-refractivity contribution in [3.05, 3.63) is 30.1 Å². The predicted molar refractivity (Wildman–Crippen MR) is 60.9 cm³/mol. The van der Waals surface area contributed by atoms with Gasteiger partial charge in [0.1, 0.15) is 5.82 Å². The van der Waals surface area contributed by atoms with Gasteiger partial charge in [-0.3, -0.25) is 14.1 Å². The molecule has 1 rings (SSSR count). The normalized spacial score (nSPS) is 11.4. The quantitative estimate of drug-likeness (QED) is 0.782. The zero-order valence-electron chi connectivity index (χ0n) is 9.27. The SMILES string of the molecule is CCOP(=O)(Nc1cccc(F)c1)OCC. The standard InChI is InChI=1S/C10H15FNO3P/c1-3-14-16(13,15-4-2)12-10-7-5-6-9(11)8-10/h5-8H,3-4H2,1-2H3,(H,12,13). The van der Waals surface area contributed by atoms with Crippen LogP contribution in [0.15, 0.2) is 24.3 Å². The molecule has 90 valence electrons. The van der Waals surface area contributed by atoms with Crippen LogP contribution in [0, 0.1) is 5.82 Å². The molecule has 0 saturated carbocycles. The third-order valence-electron chi connectivity index (χ3n) is 1.69. The molecule has 0 aromatic heterocycles. The van der Waals surface area contributed by atoms with Crippen molar-refractivity contribution in [3.63, 3.8) is 0 Å². The summed E-state index contributed by atoms with van der Waals surface area (Å²) in [7, 11) is -3.38. The van der Waals surface area contributed by atoms with Gasteiger partial charge in [0.05, 0.1) is 13.2 Å². The van der Waals surface area contributed by atoms with Crippen LogP contribution >= 0.6 is 7.75 Å². The molecule has 0 aliphatic carbocycles. The van der Waals surface area contributed by atoms with Crippen LogP contribution in [-0.4, -0.2) is 13.2 Å². The van der Waals surface area contributed by atoms with Gasteiger partial charge in [0, 0.05) is 5.69 Å². The molecule has 0 spiro atoms. The van der Waals surface area contributed by atoms with Gasteiger partial charge in [0.2, 0.25) is 0 Å². The smallest absolute Gasteiger partial charge is 0.293 e. The topological polar surface area (TPSA) is 47.6 Å². The Morgan fingerprint density at radius 1 is 1.31 bits per heavy atom. The summed E-state index contributed by atoms with van der Waals surface area (Å²) in [5, 5.41) is 2.57. The van der Waals surface area contributed by atoms with E-state index >= 15 is 0 Å². The van der Waals surface area contributed by atoms with E-state index in [9.17, 15) is 8.96 Å². The van der Waals surface area contributed by atoms with Crippen LogP contribution < -0.4 is 5.09 Å². The van der Waals surface area contributed by atoms with E-state index in [2.05, 4.69) is 5.09 Å². The molecular formula is C10H15FNO3P. The maximum atomic E-state index is 12.9. The minimum Gasteiger partial charge on any atom is -0.293 e. The first-order chi connectivity index (χ1) is 7.59. The number of nitrogens with one attached hydrogen (secondary N) is 1. The predicted octanol–water partition coefficient (Wildman–Crippen LogP) is 3.42. The van der Waals surface area contributed by atoms with Crippen molar-refractivity contribution in [1.29, 1.82) is 0 Å². The lowest BCUT2D eigenvalue weighted by atomic mass is 10.3. The van der Waals surface area contributed by atoms with Gasteiger partial charge in [-0.25, -0.2) is 8.96 Å². The molecule has 6 heteroatoms. The van der Waals surface area contributed by atoms with E-state index in [1.54, 1.807) is 19.9 Å². The second-order valence-electron chi connectivity index (χ2n) is 2.96. The van der Waals surface area contributed by atoms with E-state index in [0.29, 0.717) is 5.69 Å². The van der Waals surface area contributed by atoms with E-state index in [1.807, 2.05) is 0 Å². The monoisotopic (exact) mass is 247 g/mol. The lowest BCUT2D eigenvalue weighted by Gasteiger charge is -2.18. The van der Waals surface area contributed by atoms with Crippen molar-refractivity contribution >= 4 is 13.4 Å². The summed E-state index contributed by atoms with van der Waals surface area (Å²) in [6, 6.07) is 5.63. The van der Waals surface area contributed by atoms with Crippen LogP contribution in [0.2, 0.25) is 0 Å². The molecule has 1 aromatic carbocycles. The van der Waals surface area contributed by atoms with Gasteiger partial charge in [-0.2, -0.15) is 0 Å². The second-order valence-corrected chi connectivity index (χ2v) is 4.69. The molecule has 4 nitrogen and oxygen atoms in total.